The summed E-state index contributed by atoms with van der Waals surface area (Å²) in [7, 11) is 1.54. The van der Waals surface area contributed by atoms with E-state index in [4.69, 9.17) is 16.3 Å². The highest BCUT2D eigenvalue weighted by Crippen LogP contribution is 2.29. The minimum Gasteiger partial charge on any atom is -0.444 e. The molecule has 0 aliphatic carbocycles. The molecule has 1 aromatic carbocycles. The van der Waals surface area contributed by atoms with Crippen molar-refractivity contribution in [2.75, 3.05) is 7.05 Å². The molecule has 1 amide bonds. The van der Waals surface area contributed by atoms with Gasteiger partial charge in [-0.3, -0.25) is 4.90 Å². The molecule has 0 saturated heterocycles. The van der Waals surface area contributed by atoms with Gasteiger partial charge in [0.05, 0.1) is 0 Å². The summed E-state index contributed by atoms with van der Waals surface area (Å²) in [6, 6.07) is 5.31. The molecule has 0 heterocycles. The van der Waals surface area contributed by atoms with Crippen molar-refractivity contribution in [3.63, 3.8) is 0 Å². The van der Waals surface area contributed by atoms with Gasteiger partial charge in [-0.15, -0.1) is 0 Å². The van der Waals surface area contributed by atoms with Crippen LogP contribution in [-0.2, 0) is 15.1 Å². The van der Waals surface area contributed by atoms with Crippen LogP contribution >= 0.6 is 11.6 Å². The van der Waals surface area contributed by atoms with Crippen LogP contribution in [0.4, 0.5) is 4.79 Å². The van der Waals surface area contributed by atoms with Gasteiger partial charge in [0.2, 0.25) is 0 Å². The average Bonchev–Trinajstić information content (AvgIpc) is 2.38. The predicted octanol–water partition coefficient (Wildman–Crippen LogP) is 3.93. The van der Waals surface area contributed by atoms with Crippen molar-refractivity contribution in [3.05, 3.63) is 34.3 Å². The topological polar surface area (TPSA) is 46.6 Å². The molecule has 1 atom stereocenters. The Balaban J connectivity index is 3.16. The summed E-state index contributed by atoms with van der Waals surface area (Å²) in [6.45, 7) is 8.87. The maximum atomic E-state index is 12.2. The zero-order chi connectivity index (χ0) is 16.4. The van der Waals surface area contributed by atoms with E-state index in [1.807, 2.05) is 13.0 Å². The van der Waals surface area contributed by atoms with E-state index in [1.54, 1.807) is 39.8 Å². The lowest BCUT2D eigenvalue weighted by Crippen LogP contribution is -2.48. The second-order valence-electron chi connectivity index (χ2n) is 6.27. The highest BCUT2D eigenvalue weighted by Gasteiger charge is 2.37. The van der Waals surface area contributed by atoms with Crippen molar-refractivity contribution in [3.8, 4) is 0 Å². The number of hydrogen-bond acceptors (Lipinski definition) is 3. The van der Waals surface area contributed by atoms with E-state index in [2.05, 4.69) is 0 Å². The number of likely N-dealkylation sites (N-methyl/N-ethyl adjacent to an activating group) is 1. The van der Waals surface area contributed by atoms with Crippen molar-refractivity contribution in [2.45, 2.75) is 45.8 Å². The van der Waals surface area contributed by atoms with Gasteiger partial charge in [0.25, 0.3) is 0 Å². The molecule has 0 bridgehead atoms. The van der Waals surface area contributed by atoms with Crippen molar-refractivity contribution in [1.29, 1.82) is 0 Å². The summed E-state index contributed by atoms with van der Waals surface area (Å²) in [5.41, 5.74) is -0.213. The Hall–Kier alpha value is -1.55. The third-order valence-electron chi connectivity index (χ3n) is 3.35. The molecule has 21 heavy (non-hydrogen) atoms. The van der Waals surface area contributed by atoms with Gasteiger partial charge in [0.15, 0.2) is 0 Å². The fourth-order valence-corrected chi connectivity index (χ4v) is 1.95. The number of nitrogens with zero attached hydrogens (tertiary/aromatic N) is 1. The van der Waals surface area contributed by atoms with Gasteiger partial charge in [-0.2, -0.15) is 0 Å². The van der Waals surface area contributed by atoms with Crippen LogP contribution in [0, 0.1) is 6.92 Å². The zero-order valence-corrected chi connectivity index (χ0v) is 14.1. The highest BCUT2D eigenvalue weighted by atomic mass is 35.5. The molecular weight excluding hydrogens is 290 g/mol. The minimum absolute atomic E-state index is 0.554. The summed E-state index contributed by atoms with van der Waals surface area (Å²) < 4.78 is 5.32. The van der Waals surface area contributed by atoms with Gasteiger partial charge >= 0.3 is 6.09 Å². The first kappa shape index (κ1) is 17.5. The van der Waals surface area contributed by atoms with Crippen molar-refractivity contribution in [2.24, 2.45) is 0 Å². The number of benzene rings is 1. The Labute approximate surface area is 131 Å². The summed E-state index contributed by atoms with van der Waals surface area (Å²) >= 11 is 6.12. The molecule has 5 heteroatoms. The Kier molecular flexibility index (Phi) is 5.05. The first-order valence-corrected chi connectivity index (χ1v) is 7.09. The standard InChI is InChI=1S/C16H22ClNO3/c1-11-7-8-12(9-13(11)17)16(5,10-19)18(6)14(20)21-15(2,3)4/h7-10H,1-6H3. The first-order valence-electron chi connectivity index (χ1n) is 6.71. The number of rotatable bonds is 3. The van der Waals surface area contributed by atoms with Crippen LogP contribution in [0.1, 0.15) is 38.8 Å². The Morgan fingerprint density at radius 1 is 1.29 bits per heavy atom. The van der Waals surface area contributed by atoms with Crippen LogP contribution in [0.2, 0.25) is 5.02 Å². The van der Waals surface area contributed by atoms with Crippen LogP contribution < -0.4 is 0 Å². The maximum Gasteiger partial charge on any atom is 0.411 e. The monoisotopic (exact) mass is 311 g/mol. The molecule has 1 aromatic rings. The van der Waals surface area contributed by atoms with Crippen molar-refractivity contribution >= 4 is 24.0 Å². The number of aryl methyl sites for hydroxylation is 1. The largest absolute Gasteiger partial charge is 0.444 e. The van der Waals surface area contributed by atoms with E-state index in [-0.39, 0.29) is 0 Å². The summed E-state index contributed by atoms with van der Waals surface area (Å²) in [5, 5.41) is 0.554. The number of halogens is 1. The van der Waals surface area contributed by atoms with Gasteiger partial charge in [0.1, 0.15) is 17.4 Å². The number of hydrogen-bond donors (Lipinski definition) is 0. The fraction of sp³-hybridized carbons (Fsp3) is 0.500. The third kappa shape index (κ3) is 3.97. The molecule has 4 nitrogen and oxygen atoms in total. The Morgan fingerprint density at radius 2 is 1.86 bits per heavy atom. The average molecular weight is 312 g/mol. The van der Waals surface area contributed by atoms with E-state index in [0.29, 0.717) is 10.6 Å². The van der Waals surface area contributed by atoms with Crippen molar-refractivity contribution < 1.29 is 14.3 Å². The molecular formula is C16H22ClNO3. The lowest BCUT2D eigenvalue weighted by atomic mass is 9.91. The second kappa shape index (κ2) is 6.06. The molecule has 116 valence electrons. The molecule has 0 N–H and O–H groups in total. The lowest BCUT2D eigenvalue weighted by molar-refractivity contribution is -0.117. The fourth-order valence-electron chi connectivity index (χ4n) is 1.77. The van der Waals surface area contributed by atoms with Crippen LogP contribution in [-0.4, -0.2) is 29.9 Å². The van der Waals surface area contributed by atoms with Crippen LogP contribution in [0.25, 0.3) is 0 Å². The molecule has 0 radical (unpaired) electrons. The molecule has 0 saturated carbocycles. The molecule has 0 aliphatic heterocycles. The zero-order valence-electron chi connectivity index (χ0n) is 13.4. The maximum absolute atomic E-state index is 12.2. The van der Waals surface area contributed by atoms with E-state index < -0.39 is 17.2 Å². The molecule has 1 rings (SSSR count). The predicted molar refractivity (Wildman–Crippen MR) is 83.6 cm³/mol. The number of amides is 1. The molecule has 0 aromatic heterocycles. The smallest absolute Gasteiger partial charge is 0.411 e. The summed E-state index contributed by atoms with van der Waals surface area (Å²) in [5.74, 6) is 0. The SMILES string of the molecule is Cc1ccc(C(C)(C=O)N(C)C(=O)OC(C)(C)C)cc1Cl. The lowest BCUT2D eigenvalue weighted by Gasteiger charge is -2.35. The first-order chi connectivity index (χ1) is 9.51. The summed E-state index contributed by atoms with van der Waals surface area (Å²) in [4.78, 5) is 25.1. The molecule has 0 aliphatic rings. The number of aldehydes is 1. The van der Waals surface area contributed by atoms with E-state index in [1.165, 1.54) is 11.9 Å². The molecule has 0 fully saturated rings. The van der Waals surface area contributed by atoms with E-state index in [9.17, 15) is 9.59 Å². The quantitative estimate of drug-likeness (QED) is 0.795. The Bertz CT molecular complexity index is 551. The van der Waals surface area contributed by atoms with Gasteiger partial charge in [-0.05, 0) is 51.8 Å². The van der Waals surface area contributed by atoms with Gasteiger partial charge < -0.3 is 9.53 Å². The second-order valence-corrected chi connectivity index (χ2v) is 6.68. The van der Waals surface area contributed by atoms with E-state index >= 15 is 0 Å². The highest BCUT2D eigenvalue weighted by molar-refractivity contribution is 6.31. The number of ether oxygens (including phenoxy) is 1. The van der Waals surface area contributed by atoms with Gasteiger partial charge in [-0.1, -0.05) is 23.7 Å². The van der Waals surface area contributed by atoms with Gasteiger partial charge in [0, 0.05) is 12.1 Å². The van der Waals surface area contributed by atoms with Gasteiger partial charge in [-0.25, -0.2) is 4.79 Å². The Morgan fingerprint density at radius 3 is 2.29 bits per heavy atom. The number of carbonyl (C=O) groups excluding carboxylic acids is 2. The summed E-state index contributed by atoms with van der Waals surface area (Å²) in [6.07, 6.45) is 0.159. The number of carbonyl (C=O) groups is 2. The van der Waals surface area contributed by atoms with Crippen LogP contribution in [0.5, 0.6) is 0 Å². The molecule has 0 spiro atoms. The van der Waals surface area contributed by atoms with Crippen LogP contribution in [0.3, 0.4) is 0 Å². The van der Waals surface area contributed by atoms with Crippen LogP contribution in [0.15, 0.2) is 18.2 Å². The third-order valence-corrected chi connectivity index (χ3v) is 3.76. The van der Waals surface area contributed by atoms with Crippen molar-refractivity contribution in [1.82, 2.24) is 4.90 Å². The molecule has 1 unspecified atom stereocenters. The van der Waals surface area contributed by atoms with E-state index in [0.717, 1.165) is 11.8 Å². The normalized spacial score (nSPS) is 14.2. The minimum atomic E-state index is -1.14.